The van der Waals surface area contributed by atoms with Gasteiger partial charge in [0.25, 0.3) is 0 Å². The molecular formula is C18H16ClNO3. The third-order valence-corrected chi connectivity index (χ3v) is 4.32. The quantitative estimate of drug-likeness (QED) is 0.488. The molecule has 2 aromatic rings. The SMILES string of the molecule is C[C@@H](OC(=O)c1cccnc1Cl)C(=O)c1ccc2c(c1)CCC2. The predicted molar refractivity (Wildman–Crippen MR) is 86.9 cm³/mol. The van der Waals surface area contributed by atoms with Crippen LogP contribution in [0, 0.1) is 0 Å². The number of rotatable bonds is 4. The molecular weight excluding hydrogens is 314 g/mol. The number of ether oxygens (including phenoxy) is 1. The molecule has 0 fully saturated rings. The Labute approximate surface area is 139 Å². The molecule has 1 aliphatic rings. The fourth-order valence-electron chi connectivity index (χ4n) is 2.78. The van der Waals surface area contributed by atoms with E-state index in [0.29, 0.717) is 5.56 Å². The normalized spacial score (nSPS) is 14.2. The Balaban J connectivity index is 1.73. The summed E-state index contributed by atoms with van der Waals surface area (Å²) in [5, 5.41) is 0.0645. The molecule has 0 saturated heterocycles. The summed E-state index contributed by atoms with van der Waals surface area (Å²) in [5.74, 6) is -0.863. The van der Waals surface area contributed by atoms with Crippen LogP contribution in [0.3, 0.4) is 0 Å². The Morgan fingerprint density at radius 2 is 2.00 bits per heavy atom. The number of aryl methyl sites for hydroxylation is 2. The van der Waals surface area contributed by atoms with Crippen LogP contribution in [0.4, 0.5) is 0 Å². The van der Waals surface area contributed by atoms with Gasteiger partial charge in [0.1, 0.15) is 5.15 Å². The van der Waals surface area contributed by atoms with Crippen LogP contribution in [0.15, 0.2) is 36.5 Å². The Kier molecular flexibility index (Phi) is 4.44. The summed E-state index contributed by atoms with van der Waals surface area (Å²) in [4.78, 5) is 28.4. The van der Waals surface area contributed by atoms with Crippen molar-refractivity contribution in [3.8, 4) is 0 Å². The second kappa shape index (κ2) is 6.50. The number of carbonyl (C=O) groups excluding carboxylic acids is 2. The maximum absolute atomic E-state index is 12.5. The molecule has 3 rings (SSSR count). The topological polar surface area (TPSA) is 56.3 Å². The van der Waals surface area contributed by atoms with Gasteiger partial charge >= 0.3 is 5.97 Å². The Hall–Kier alpha value is -2.20. The molecule has 23 heavy (non-hydrogen) atoms. The zero-order valence-electron chi connectivity index (χ0n) is 12.7. The van der Waals surface area contributed by atoms with Crippen molar-refractivity contribution < 1.29 is 14.3 Å². The average molecular weight is 330 g/mol. The average Bonchev–Trinajstić information content (AvgIpc) is 3.01. The fraction of sp³-hybridized carbons (Fsp3) is 0.278. The van der Waals surface area contributed by atoms with Crippen LogP contribution in [-0.2, 0) is 17.6 Å². The van der Waals surface area contributed by atoms with Crippen molar-refractivity contribution in [1.29, 1.82) is 0 Å². The van der Waals surface area contributed by atoms with Crippen LogP contribution < -0.4 is 0 Å². The minimum Gasteiger partial charge on any atom is -0.451 e. The van der Waals surface area contributed by atoms with Gasteiger partial charge in [0, 0.05) is 11.8 Å². The first-order chi connectivity index (χ1) is 11.1. The van der Waals surface area contributed by atoms with E-state index in [4.69, 9.17) is 16.3 Å². The van der Waals surface area contributed by atoms with Crippen LogP contribution in [0.2, 0.25) is 5.15 Å². The monoisotopic (exact) mass is 329 g/mol. The van der Waals surface area contributed by atoms with E-state index in [1.165, 1.54) is 23.4 Å². The molecule has 0 aliphatic heterocycles. The van der Waals surface area contributed by atoms with Crippen molar-refractivity contribution >= 4 is 23.4 Å². The first-order valence-electron chi connectivity index (χ1n) is 7.54. The lowest BCUT2D eigenvalue weighted by Gasteiger charge is -2.13. The van der Waals surface area contributed by atoms with Crippen LogP contribution in [0.25, 0.3) is 0 Å². The number of pyridine rings is 1. The second-order valence-electron chi connectivity index (χ2n) is 5.59. The van der Waals surface area contributed by atoms with Gasteiger partial charge in [0.2, 0.25) is 5.78 Å². The highest BCUT2D eigenvalue weighted by molar-refractivity contribution is 6.32. The van der Waals surface area contributed by atoms with Gasteiger partial charge in [0.15, 0.2) is 6.10 Å². The van der Waals surface area contributed by atoms with Crippen LogP contribution in [0.5, 0.6) is 0 Å². The number of carbonyl (C=O) groups is 2. The van der Waals surface area contributed by atoms with E-state index < -0.39 is 12.1 Å². The van der Waals surface area contributed by atoms with Crippen molar-refractivity contribution in [2.24, 2.45) is 0 Å². The van der Waals surface area contributed by atoms with E-state index in [9.17, 15) is 9.59 Å². The van der Waals surface area contributed by atoms with E-state index in [1.54, 1.807) is 19.1 Å². The van der Waals surface area contributed by atoms with Crippen LogP contribution in [-0.4, -0.2) is 22.8 Å². The van der Waals surface area contributed by atoms with Crippen molar-refractivity contribution in [3.05, 3.63) is 63.9 Å². The van der Waals surface area contributed by atoms with E-state index >= 15 is 0 Å². The highest BCUT2D eigenvalue weighted by Crippen LogP contribution is 2.24. The minimum atomic E-state index is -0.877. The van der Waals surface area contributed by atoms with Gasteiger partial charge in [-0.05, 0) is 55.5 Å². The van der Waals surface area contributed by atoms with E-state index in [0.717, 1.165) is 19.3 Å². The van der Waals surface area contributed by atoms with Crippen molar-refractivity contribution in [3.63, 3.8) is 0 Å². The Morgan fingerprint density at radius 3 is 2.78 bits per heavy atom. The second-order valence-corrected chi connectivity index (χ2v) is 5.95. The number of esters is 1. The molecule has 0 unspecified atom stereocenters. The molecule has 5 heteroatoms. The number of nitrogens with zero attached hydrogens (tertiary/aromatic N) is 1. The lowest BCUT2D eigenvalue weighted by Crippen LogP contribution is -2.24. The summed E-state index contributed by atoms with van der Waals surface area (Å²) >= 11 is 5.87. The number of hydrogen-bond donors (Lipinski definition) is 0. The summed E-state index contributed by atoms with van der Waals surface area (Å²) in [5.41, 5.74) is 3.24. The summed E-state index contributed by atoms with van der Waals surface area (Å²) < 4.78 is 5.24. The number of ketones is 1. The number of fused-ring (bicyclic) bond motifs is 1. The zero-order valence-corrected chi connectivity index (χ0v) is 13.5. The number of aromatic nitrogens is 1. The summed E-state index contributed by atoms with van der Waals surface area (Å²) in [6.07, 6.45) is 3.79. The molecule has 4 nitrogen and oxygen atoms in total. The number of benzene rings is 1. The minimum absolute atomic E-state index is 0.0645. The summed E-state index contributed by atoms with van der Waals surface area (Å²) in [6, 6.07) is 8.81. The van der Waals surface area contributed by atoms with E-state index in [-0.39, 0.29) is 16.5 Å². The van der Waals surface area contributed by atoms with E-state index in [2.05, 4.69) is 4.98 Å². The molecule has 118 valence electrons. The summed E-state index contributed by atoms with van der Waals surface area (Å²) in [7, 11) is 0. The van der Waals surface area contributed by atoms with Gasteiger partial charge in [-0.1, -0.05) is 23.7 Å². The Morgan fingerprint density at radius 1 is 1.22 bits per heavy atom. The predicted octanol–water partition coefficient (Wildman–Crippen LogP) is 3.65. The maximum atomic E-state index is 12.5. The molecule has 0 radical (unpaired) electrons. The molecule has 0 bridgehead atoms. The lowest BCUT2D eigenvalue weighted by atomic mass is 10.0. The molecule has 0 amide bonds. The molecule has 1 aromatic carbocycles. The van der Waals surface area contributed by atoms with Crippen LogP contribution in [0.1, 0.15) is 45.2 Å². The highest BCUT2D eigenvalue weighted by Gasteiger charge is 2.23. The smallest absolute Gasteiger partial charge is 0.341 e. The first kappa shape index (κ1) is 15.7. The molecule has 1 heterocycles. The van der Waals surface area contributed by atoms with Gasteiger partial charge in [-0.3, -0.25) is 4.79 Å². The maximum Gasteiger partial charge on any atom is 0.341 e. The molecule has 0 spiro atoms. The molecule has 0 N–H and O–H groups in total. The molecule has 1 aliphatic carbocycles. The molecule has 1 atom stereocenters. The Bertz CT molecular complexity index is 773. The van der Waals surface area contributed by atoms with Crippen LogP contribution >= 0.6 is 11.6 Å². The molecule has 1 aromatic heterocycles. The standard InChI is InChI=1S/C18H16ClNO3/c1-11(23-18(22)15-6-3-9-20-17(15)19)16(21)14-8-7-12-4-2-5-13(12)10-14/h3,6-11H,2,4-5H2,1H3/t11-/m1/s1. The third kappa shape index (κ3) is 3.27. The lowest BCUT2D eigenvalue weighted by molar-refractivity contribution is 0.0318. The largest absolute Gasteiger partial charge is 0.451 e. The van der Waals surface area contributed by atoms with Gasteiger partial charge in [-0.15, -0.1) is 0 Å². The van der Waals surface area contributed by atoms with Gasteiger partial charge in [0.05, 0.1) is 5.56 Å². The summed E-state index contributed by atoms with van der Waals surface area (Å²) in [6.45, 7) is 1.57. The third-order valence-electron chi connectivity index (χ3n) is 4.02. The number of hydrogen-bond acceptors (Lipinski definition) is 4. The van der Waals surface area contributed by atoms with Gasteiger partial charge in [-0.25, -0.2) is 9.78 Å². The first-order valence-corrected chi connectivity index (χ1v) is 7.91. The van der Waals surface area contributed by atoms with E-state index in [1.807, 2.05) is 12.1 Å². The fourth-order valence-corrected chi connectivity index (χ4v) is 2.97. The van der Waals surface area contributed by atoms with Gasteiger partial charge < -0.3 is 4.74 Å². The van der Waals surface area contributed by atoms with Gasteiger partial charge in [-0.2, -0.15) is 0 Å². The highest BCUT2D eigenvalue weighted by atomic mass is 35.5. The number of halogens is 1. The van der Waals surface area contributed by atoms with Crippen molar-refractivity contribution in [1.82, 2.24) is 4.98 Å². The number of Topliss-reactive ketones (excluding diaryl/α,β-unsaturated/α-hetero) is 1. The molecule has 0 saturated carbocycles. The van der Waals surface area contributed by atoms with Crippen molar-refractivity contribution in [2.75, 3.05) is 0 Å². The van der Waals surface area contributed by atoms with Crippen molar-refractivity contribution in [2.45, 2.75) is 32.3 Å². The zero-order chi connectivity index (χ0) is 16.4.